The Labute approximate surface area is 110 Å². The predicted molar refractivity (Wildman–Crippen MR) is 58.9 cm³/mol. The number of carbonyl (C=O) groups excluding carboxylic acids is 1. The molecule has 1 heterocycles. The van der Waals surface area contributed by atoms with E-state index in [1.54, 1.807) is 0 Å². The number of aromatic amines is 1. The fourth-order valence-corrected chi connectivity index (χ4v) is 1.43. The summed E-state index contributed by atoms with van der Waals surface area (Å²) < 4.78 is 57.2. The Bertz CT molecular complexity index is 538. The summed E-state index contributed by atoms with van der Waals surface area (Å²) in [5, 5.41) is 0. The molecule has 0 radical (unpaired) electrons. The highest BCUT2D eigenvalue weighted by Crippen LogP contribution is 2.23. The minimum Gasteiger partial charge on any atom is -0.466 e. The number of halogens is 4. The third-order valence-electron chi connectivity index (χ3n) is 2.21. The van der Waals surface area contributed by atoms with Crippen molar-refractivity contribution in [3.05, 3.63) is 27.5 Å². The molecular formula is C11H11F4NO4. The van der Waals surface area contributed by atoms with Gasteiger partial charge in [0, 0.05) is 11.8 Å². The Morgan fingerprint density at radius 3 is 2.55 bits per heavy atom. The molecule has 0 fully saturated rings. The number of alkyl halides is 4. The average Bonchev–Trinajstić information content (AvgIpc) is 2.32. The van der Waals surface area contributed by atoms with Crippen molar-refractivity contribution in [2.45, 2.75) is 26.4 Å². The maximum Gasteiger partial charge on any atom is 0.574 e. The lowest BCUT2D eigenvalue weighted by molar-refractivity contribution is -0.276. The lowest BCUT2D eigenvalue weighted by atomic mass is 10.1. The van der Waals surface area contributed by atoms with Crippen LogP contribution in [0.2, 0.25) is 0 Å². The quantitative estimate of drug-likeness (QED) is 0.665. The highest BCUT2D eigenvalue weighted by atomic mass is 19.4. The number of rotatable bonds is 5. The first kappa shape index (κ1) is 16.0. The Balaban J connectivity index is 3.20. The highest BCUT2D eigenvalue weighted by molar-refractivity contribution is 5.73. The first-order valence-electron chi connectivity index (χ1n) is 5.49. The van der Waals surface area contributed by atoms with Gasteiger partial charge >= 0.3 is 12.3 Å². The number of aromatic nitrogens is 1. The zero-order valence-electron chi connectivity index (χ0n) is 10.3. The zero-order chi connectivity index (χ0) is 15.3. The van der Waals surface area contributed by atoms with Gasteiger partial charge in [0.25, 0.3) is 0 Å². The van der Waals surface area contributed by atoms with Gasteiger partial charge in [0.1, 0.15) is 6.67 Å². The van der Waals surface area contributed by atoms with E-state index >= 15 is 0 Å². The summed E-state index contributed by atoms with van der Waals surface area (Å²) >= 11 is 0. The van der Waals surface area contributed by atoms with Crippen LogP contribution < -0.4 is 10.2 Å². The van der Waals surface area contributed by atoms with Gasteiger partial charge in [-0.25, -0.2) is 4.39 Å². The molecule has 112 valence electrons. The standard InChI is InChI=1S/C11H11F4NO4/c1-2-19-8(17)3-7-9(18)6(4-12)5-16-10(7)20-11(13,14)15/h5H,2-4H2,1H3,(H,16,18). The van der Waals surface area contributed by atoms with Crippen LogP contribution in [0.3, 0.4) is 0 Å². The SMILES string of the molecule is CCOC(=O)Cc1c(OC(F)(F)F)[nH]cc(CF)c1=O. The second kappa shape index (κ2) is 6.40. The molecule has 0 unspecified atom stereocenters. The molecule has 0 spiro atoms. The second-order valence-corrected chi connectivity index (χ2v) is 3.61. The number of esters is 1. The van der Waals surface area contributed by atoms with Crippen molar-refractivity contribution >= 4 is 5.97 Å². The van der Waals surface area contributed by atoms with E-state index in [1.807, 2.05) is 4.98 Å². The number of H-pyrrole nitrogens is 1. The van der Waals surface area contributed by atoms with Crippen LogP contribution in [0.5, 0.6) is 5.88 Å². The van der Waals surface area contributed by atoms with Crippen molar-refractivity contribution in [1.29, 1.82) is 0 Å². The van der Waals surface area contributed by atoms with E-state index in [9.17, 15) is 27.2 Å². The average molecular weight is 297 g/mol. The molecule has 1 rings (SSSR count). The summed E-state index contributed by atoms with van der Waals surface area (Å²) in [5.74, 6) is -1.87. The van der Waals surface area contributed by atoms with Gasteiger partial charge in [-0.05, 0) is 6.92 Å². The fourth-order valence-electron chi connectivity index (χ4n) is 1.43. The molecule has 0 aliphatic carbocycles. The van der Waals surface area contributed by atoms with Crippen LogP contribution in [-0.2, 0) is 22.6 Å². The van der Waals surface area contributed by atoms with Crippen LogP contribution in [0.25, 0.3) is 0 Å². The first-order valence-corrected chi connectivity index (χ1v) is 5.49. The molecule has 0 aliphatic rings. The van der Waals surface area contributed by atoms with Crippen LogP contribution in [0.4, 0.5) is 17.6 Å². The van der Waals surface area contributed by atoms with Gasteiger partial charge in [-0.3, -0.25) is 9.59 Å². The summed E-state index contributed by atoms with van der Waals surface area (Å²) in [6.07, 6.45) is -5.04. The van der Waals surface area contributed by atoms with E-state index in [1.165, 1.54) is 6.92 Å². The van der Waals surface area contributed by atoms with E-state index in [2.05, 4.69) is 9.47 Å². The molecule has 5 nitrogen and oxygen atoms in total. The van der Waals surface area contributed by atoms with Gasteiger partial charge in [0.15, 0.2) is 5.43 Å². The summed E-state index contributed by atoms with van der Waals surface area (Å²) in [6, 6.07) is 0. The molecule has 0 aromatic carbocycles. The van der Waals surface area contributed by atoms with Crippen molar-refractivity contribution < 1.29 is 31.8 Å². The van der Waals surface area contributed by atoms with E-state index in [0.717, 1.165) is 6.20 Å². The number of hydrogen-bond donors (Lipinski definition) is 1. The minimum absolute atomic E-state index is 0.00496. The molecule has 1 aromatic rings. The summed E-state index contributed by atoms with van der Waals surface area (Å²) in [6.45, 7) is 0.305. The van der Waals surface area contributed by atoms with E-state index in [0.29, 0.717) is 0 Å². The monoisotopic (exact) mass is 297 g/mol. The normalized spacial score (nSPS) is 11.2. The lowest BCUT2D eigenvalue weighted by Crippen LogP contribution is -2.25. The molecule has 0 aliphatic heterocycles. The second-order valence-electron chi connectivity index (χ2n) is 3.61. The maximum absolute atomic E-state index is 12.5. The van der Waals surface area contributed by atoms with Crippen LogP contribution >= 0.6 is 0 Å². The van der Waals surface area contributed by atoms with Gasteiger partial charge < -0.3 is 14.5 Å². The molecule has 0 saturated carbocycles. The van der Waals surface area contributed by atoms with Gasteiger partial charge in [-0.2, -0.15) is 0 Å². The smallest absolute Gasteiger partial charge is 0.466 e. The third-order valence-corrected chi connectivity index (χ3v) is 2.21. The molecule has 0 atom stereocenters. The van der Waals surface area contributed by atoms with Crippen LogP contribution in [0, 0.1) is 0 Å². The molecular weight excluding hydrogens is 286 g/mol. The highest BCUT2D eigenvalue weighted by Gasteiger charge is 2.33. The van der Waals surface area contributed by atoms with Gasteiger partial charge in [-0.15, -0.1) is 13.2 Å². The Kier molecular flexibility index (Phi) is 5.12. The number of nitrogens with one attached hydrogen (secondary N) is 1. The van der Waals surface area contributed by atoms with Crippen molar-refractivity contribution in [3.63, 3.8) is 0 Å². The Morgan fingerprint density at radius 1 is 1.40 bits per heavy atom. The lowest BCUT2D eigenvalue weighted by Gasteiger charge is -2.13. The summed E-state index contributed by atoms with van der Waals surface area (Å²) in [7, 11) is 0. The minimum atomic E-state index is -5.05. The summed E-state index contributed by atoms with van der Waals surface area (Å²) in [4.78, 5) is 25.0. The van der Waals surface area contributed by atoms with Crippen LogP contribution in [0.1, 0.15) is 18.1 Å². The number of ether oxygens (including phenoxy) is 2. The fraction of sp³-hybridized carbons (Fsp3) is 0.455. The van der Waals surface area contributed by atoms with Crippen LogP contribution in [0.15, 0.2) is 11.0 Å². The molecule has 0 amide bonds. The summed E-state index contributed by atoms with van der Waals surface area (Å²) in [5.41, 5.74) is -2.06. The number of pyridine rings is 1. The van der Waals surface area contributed by atoms with Crippen molar-refractivity contribution in [2.24, 2.45) is 0 Å². The Hall–Kier alpha value is -2.06. The van der Waals surface area contributed by atoms with Gasteiger partial charge in [0.2, 0.25) is 5.88 Å². The topological polar surface area (TPSA) is 68.4 Å². The largest absolute Gasteiger partial charge is 0.574 e. The Morgan fingerprint density at radius 2 is 2.05 bits per heavy atom. The van der Waals surface area contributed by atoms with Crippen LogP contribution in [-0.4, -0.2) is 23.9 Å². The zero-order valence-corrected chi connectivity index (χ0v) is 10.3. The molecule has 0 bridgehead atoms. The van der Waals surface area contributed by atoms with Gasteiger partial charge in [0.05, 0.1) is 18.6 Å². The predicted octanol–water partition coefficient (Wildman–Crippen LogP) is 1.85. The van der Waals surface area contributed by atoms with E-state index in [4.69, 9.17) is 0 Å². The number of hydrogen-bond acceptors (Lipinski definition) is 4. The number of carbonyl (C=O) groups is 1. The van der Waals surface area contributed by atoms with Crippen molar-refractivity contribution in [2.75, 3.05) is 6.61 Å². The van der Waals surface area contributed by atoms with Crippen molar-refractivity contribution in [3.8, 4) is 5.88 Å². The first-order chi connectivity index (χ1) is 9.28. The third kappa shape index (κ3) is 4.25. The maximum atomic E-state index is 12.5. The molecule has 1 aromatic heterocycles. The molecule has 0 saturated heterocycles. The molecule has 20 heavy (non-hydrogen) atoms. The molecule has 9 heteroatoms. The molecule has 1 N–H and O–H groups in total. The van der Waals surface area contributed by atoms with E-state index < -0.39 is 47.9 Å². The van der Waals surface area contributed by atoms with Crippen molar-refractivity contribution in [1.82, 2.24) is 4.98 Å². The van der Waals surface area contributed by atoms with Gasteiger partial charge in [-0.1, -0.05) is 0 Å². The van der Waals surface area contributed by atoms with E-state index in [-0.39, 0.29) is 6.61 Å².